The van der Waals surface area contributed by atoms with Gasteiger partial charge < -0.3 is 0 Å². The molecule has 0 saturated carbocycles. The summed E-state index contributed by atoms with van der Waals surface area (Å²) in [4.78, 5) is 0. The van der Waals surface area contributed by atoms with E-state index in [-0.39, 0.29) is 0 Å². The molecule has 1 aromatic rings. The second kappa shape index (κ2) is 3.53. The molecule has 0 aromatic carbocycles. The van der Waals surface area contributed by atoms with Gasteiger partial charge in [0.15, 0.2) is 7.20 Å². The van der Waals surface area contributed by atoms with Crippen LogP contribution in [-0.2, 0) is 0 Å². The van der Waals surface area contributed by atoms with Crippen molar-refractivity contribution in [3.05, 3.63) is 0 Å². The molecule has 0 amide bonds. The van der Waals surface area contributed by atoms with Crippen molar-refractivity contribution in [3.8, 4) is 0 Å². The summed E-state index contributed by atoms with van der Waals surface area (Å²) >= 11 is 16.9. The maximum atomic E-state index is 5.67. The smallest absolute Gasteiger partial charge is 0.172 e. The molecule has 1 aromatic heterocycles. The Morgan fingerprint density at radius 3 is 2.67 bits per heavy atom. The van der Waals surface area contributed by atoms with Crippen LogP contribution >= 0.6 is 57.2 Å². The van der Waals surface area contributed by atoms with E-state index in [9.17, 15) is 0 Å². The van der Waals surface area contributed by atoms with E-state index in [2.05, 4.69) is 9.02 Å². The van der Waals surface area contributed by atoms with Crippen LogP contribution in [-0.4, -0.2) is 12.6 Å². The number of H-pyrrole nitrogens is 1. The van der Waals surface area contributed by atoms with Crippen molar-refractivity contribution in [1.29, 1.82) is 0 Å². The number of halogens is 3. The molecular weight excluding hydrogens is 241 g/mol. The summed E-state index contributed by atoms with van der Waals surface area (Å²) in [6, 6.07) is 0. The molecule has 9 heavy (non-hydrogen) atoms. The predicted octanol–water partition coefficient (Wildman–Crippen LogP) is 3.89. The molecule has 2 unspecified atom stereocenters. The minimum atomic E-state index is -1.07. The molecule has 0 bridgehead atoms. The third-order valence-corrected chi connectivity index (χ3v) is 8.28. The Labute approximate surface area is 69.9 Å². The van der Waals surface area contributed by atoms with Crippen molar-refractivity contribution in [2.45, 2.75) is 0 Å². The first kappa shape index (κ1) is 8.27. The van der Waals surface area contributed by atoms with Crippen molar-refractivity contribution in [2.24, 2.45) is 0 Å². The zero-order chi connectivity index (χ0) is 6.85. The summed E-state index contributed by atoms with van der Waals surface area (Å²) < 4.78 is 8.03. The minimum Gasteiger partial charge on any atom is -0.286 e. The van der Waals surface area contributed by atoms with Crippen molar-refractivity contribution < 1.29 is 0 Å². The van der Waals surface area contributed by atoms with Crippen LogP contribution < -0.4 is 0 Å². The molecule has 0 aliphatic heterocycles. The number of aromatic nitrogens is 3. The van der Waals surface area contributed by atoms with Crippen LogP contribution in [0.3, 0.4) is 0 Å². The van der Waals surface area contributed by atoms with Gasteiger partial charge in [-0.2, -0.15) is 8.12 Å². The number of hydrogen-bond donors (Lipinski definition) is 1. The van der Waals surface area contributed by atoms with Crippen LogP contribution in [0.4, 0.5) is 0 Å². The molecule has 2 atom stereocenters. The lowest BCUT2D eigenvalue weighted by Crippen LogP contribution is -1.71. The molecule has 0 spiro atoms. The Bertz CT molecular complexity index is 205. The lowest BCUT2D eigenvalue weighted by molar-refractivity contribution is 1.57. The summed E-state index contributed by atoms with van der Waals surface area (Å²) in [6.07, 6.45) is 0. The van der Waals surface area contributed by atoms with Crippen molar-refractivity contribution in [2.75, 3.05) is 0 Å². The average Bonchev–Trinajstić information content (AvgIpc) is 1.83. The average molecular weight is 242 g/mol. The lowest BCUT2D eigenvalue weighted by atomic mass is 13.8. The Morgan fingerprint density at radius 1 is 1.56 bits per heavy atom. The Kier molecular flexibility index (Phi) is 3.24. The highest BCUT2D eigenvalue weighted by Gasteiger charge is 1.96. The van der Waals surface area contributed by atoms with E-state index in [1.807, 2.05) is 0 Å². The maximum absolute atomic E-state index is 5.67. The fourth-order valence-electron chi connectivity index (χ4n) is 0.229. The number of aromatic amines is 1. The molecule has 9 heteroatoms. The molecule has 0 aliphatic carbocycles. The predicted molar refractivity (Wildman–Crippen MR) is 45.9 cm³/mol. The summed E-state index contributed by atoms with van der Waals surface area (Å²) in [7, 11) is -1.33. The normalized spacial score (nSPS) is 14.6. The Hall–Kier alpha value is 1.17. The SMILES string of the molecule is Cln1p(Cl)np[nH]p1Cl. The summed E-state index contributed by atoms with van der Waals surface area (Å²) in [5.41, 5.74) is 0. The highest BCUT2D eigenvalue weighted by molar-refractivity contribution is 7.85. The minimum absolute atomic E-state index is 0.724. The lowest BCUT2D eigenvalue weighted by Gasteiger charge is -1.97. The van der Waals surface area contributed by atoms with Gasteiger partial charge in [0.1, 0.15) is 15.7 Å². The number of hydrogen-bond acceptors (Lipinski definition) is 1. The van der Waals surface area contributed by atoms with Gasteiger partial charge in [0, 0.05) is 11.8 Å². The number of rotatable bonds is 0. The van der Waals surface area contributed by atoms with Crippen LogP contribution in [0, 0.1) is 0 Å². The summed E-state index contributed by atoms with van der Waals surface area (Å²) in [5.74, 6) is 0. The van der Waals surface area contributed by atoms with Gasteiger partial charge in [-0.15, -0.1) is 0 Å². The molecule has 0 saturated heterocycles. The summed E-state index contributed by atoms with van der Waals surface area (Å²) in [6.45, 7) is 0. The van der Waals surface area contributed by atoms with E-state index in [1.165, 1.54) is 3.61 Å². The van der Waals surface area contributed by atoms with Crippen molar-refractivity contribution in [3.63, 3.8) is 0 Å². The highest BCUT2D eigenvalue weighted by Crippen LogP contribution is 2.42. The van der Waals surface area contributed by atoms with Crippen LogP contribution in [0.15, 0.2) is 0 Å². The molecule has 3 nitrogen and oxygen atoms in total. The van der Waals surface area contributed by atoms with Gasteiger partial charge in [-0.25, -0.2) is 0 Å². The van der Waals surface area contributed by atoms with Gasteiger partial charge in [-0.3, -0.25) is 4.51 Å². The van der Waals surface area contributed by atoms with E-state index in [1.54, 1.807) is 0 Å². The van der Waals surface area contributed by atoms with Crippen molar-refractivity contribution >= 4 is 57.2 Å². The monoisotopic (exact) mass is 241 g/mol. The fourth-order valence-corrected chi connectivity index (χ4v) is 5.78. The zero-order valence-electron chi connectivity index (χ0n) is 3.87. The molecule has 1 heterocycles. The van der Waals surface area contributed by atoms with Gasteiger partial charge in [-0.05, 0) is 22.5 Å². The van der Waals surface area contributed by atoms with Crippen LogP contribution in [0.2, 0.25) is 0 Å². The molecule has 1 N–H and O–H groups in total. The third-order valence-electron chi connectivity index (χ3n) is 0.527. The van der Waals surface area contributed by atoms with E-state index >= 15 is 0 Å². The quantitative estimate of drug-likeness (QED) is 0.735. The van der Waals surface area contributed by atoms with Crippen LogP contribution in [0.1, 0.15) is 0 Å². The van der Waals surface area contributed by atoms with E-state index in [4.69, 9.17) is 34.3 Å². The van der Waals surface area contributed by atoms with E-state index < -0.39 is 14.4 Å². The first-order valence-corrected chi connectivity index (χ1v) is 7.29. The standard InChI is InChI=1S/Cl3HN3P3/c1-6-8(2)4-7-5-9(6)3/h(H,4,5). The Balaban J connectivity index is 3.25. The number of nitrogens with zero attached hydrogens (tertiary/aromatic N) is 2. The van der Waals surface area contributed by atoms with Crippen LogP contribution in [0.5, 0.6) is 0 Å². The number of nitrogens with one attached hydrogen (secondary N) is 1. The van der Waals surface area contributed by atoms with Crippen LogP contribution in [0.25, 0.3) is 0 Å². The van der Waals surface area contributed by atoms with Crippen molar-refractivity contribution in [1.82, 2.24) is 12.6 Å². The molecule has 0 fully saturated rings. The highest BCUT2D eigenvalue weighted by atomic mass is 35.7. The fraction of sp³-hybridized carbons (Fsp3) is 0. The first-order chi connectivity index (χ1) is 4.22. The maximum Gasteiger partial charge on any atom is 0.172 e. The molecule has 0 radical (unpaired) electrons. The zero-order valence-corrected chi connectivity index (χ0v) is 8.82. The third kappa shape index (κ3) is 2.05. The van der Waals surface area contributed by atoms with Gasteiger partial charge in [-0.1, -0.05) is 0 Å². The molecule has 52 valence electrons. The first-order valence-electron chi connectivity index (χ1n) is 1.75. The summed E-state index contributed by atoms with van der Waals surface area (Å²) in [5, 5.41) is 0. The second-order valence-corrected chi connectivity index (χ2v) is 7.54. The largest absolute Gasteiger partial charge is 0.286 e. The van der Waals surface area contributed by atoms with Gasteiger partial charge in [0.25, 0.3) is 0 Å². The Morgan fingerprint density at radius 2 is 2.22 bits per heavy atom. The molecular formula is HCl3N3P3. The topological polar surface area (TPSA) is 33.6 Å². The second-order valence-electron chi connectivity index (χ2n) is 1.03. The van der Waals surface area contributed by atoms with Gasteiger partial charge >= 0.3 is 0 Å². The van der Waals surface area contributed by atoms with Gasteiger partial charge in [0.05, 0.1) is 0 Å². The molecule has 0 aliphatic rings. The van der Waals surface area contributed by atoms with E-state index in [0.29, 0.717) is 0 Å². The van der Waals surface area contributed by atoms with E-state index in [0.717, 1.165) is 8.51 Å². The van der Waals surface area contributed by atoms with Gasteiger partial charge in [0.2, 0.25) is 0 Å². The molecule has 1 rings (SSSR count).